The van der Waals surface area contributed by atoms with Crippen molar-refractivity contribution in [2.75, 3.05) is 13.2 Å². The molecule has 0 aliphatic heterocycles. The first-order valence-corrected chi connectivity index (χ1v) is 16.0. The lowest BCUT2D eigenvalue weighted by Crippen LogP contribution is -2.28. The van der Waals surface area contributed by atoms with E-state index in [0.29, 0.717) is 12.8 Å². The van der Waals surface area contributed by atoms with Crippen LogP contribution in [0.1, 0.15) is 136 Å². The van der Waals surface area contributed by atoms with E-state index in [1.54, 1.807) is 0 Å². The second-order valence-electron chi connectivity index (χ2n) is 11.0. The fraction of sp³-hybridized carbons (Fsp3) is 0.765. The van der Waals surface area contributed by atoms with Gasteiger partial charge in [0.25, 0.3) is 0 Å². The van der Waals surface area contributed by atoms with Crippen molar-refractivity contribution in [3.05, 3.63) is 36.5 Å². The number of allylic oxidation sites excluding steroid dienone is 5. The maximum Gasteiger partial charge on any atom is 0.306 e. The lowest BCUT2D eigenvalue weighted by atomic mass is 10.00. The van der Waals surface area contributed by atoms with Gasteiger partial charge in [-0.05, 0) is 38.0 Å². The Balaban J connectivity index is 3.74. The molecule has 0 bridgehead atoms. The van der Waals surface area contributed by atoms with Crippen LogP contribution in [0, 0.1) is 5.92 Å². The minimum absolute atomic E-state index is 0.0981. The summed E-state index contributed by atoms with van der Waals surface area (Å²) in [7, 11) is 0. The molecule has 0 aliphatic carbocycles. The molecule has 0 spiro atoms. The molecule has 0 aromatic heterocycles. The van der Waals surface area contributed by atoms with Crippen LogP contribution in [0.4, 0.5) is 0 Å². The second kappa shape index (κ2) is 28.6. The van der Waals surface area contributed by atoms with E-state index in [-0.39, 0.29) is 31.6 Å². The number of hydrogen-bond acceptors (Lipinski definition) is 6. The van der Waals surface area contributed by atoms with E-state index in [2.05, 4.69) is 39.0 Å². The summed E-state index contributed by atoms with van der Waals surface area (Å²) < 4.78 is 10.5. The quantitative estimate of drug-likeness (QED) is 0.0452. The molecule has 40 heavy (non-hydrogen) atoms. The van der Waals surface area contributed by atoms with Gasteiger partial charge in [-0.2, -0.15) is 0 Å². The minimum atomic E-state index is -0.806. The molecule has 0 fully saturated rings. The Bertz CT molecular complexity index is 684. The Morgan fingerprint density at radius 3 is 1.98 bits per heavy atom. The van der Waals surface area contributed by atoms with Gasteiger partial charge in [-0.25, -0.2) is 0 Å². The van der Waals surface area contributed by atoms with Crippen LogP contribution >= 0.6 is 0 Å². The Labute approximate surface area is 245 Å². The van der Waals surface area contributed by atoms with E-state index in [4.69, 9.17) is 9.47 Å². The molecule has 0 saturated carbocycles. The van der Waals surface area contributed by atoms with Crippen LogP contribution in [-0.4, -0.2) is 47.6 Å². The van der Waals surface area contributed by atoms with Gasteiger partial charge in [-0.15, -0.1) is 0 Å². The van der Waals surface area contributed by atoms with Gasteiger partial charge in [0.1, 0.15) is 6.61 Å². The van der Waals surface area contributed by atoms with Gasteiger partial charge in [-0.3, -0.25) is 9.59 Å². The van der Waals surface area contributed by atoms with Crippen molar-refractivity contribution >= 4 is 11.9 Å². The molecule has 0 heterocycles. The molecule has 6 nitrogen and oxygen atoms in total. The highest BCUT2D eigenvalue weighted by Crippen LogP contribution is 2.15. The van der Waals surface area contributed by atoms with E-state index in [1.807, 2.05) is 18.2 Å². The molecule has 2 unspecified atom stereocenters. The van der Waals surface area contributed by atoms with Crippen molar-refractivity contribution in [3.63, 3.8) is 0 Å². The number of esters is 2. The fourth-order valence-electron chi connectivity index (χ4n) is 4.24. The standard InChI is InChI=1S/C34H60O6/c1-4-6-7-8-9-14-19-24-31(36)25-20-15-12-17-22-27-34(38)40-32(28-35)29-39-33(37)26-21-16-11-10-13-18-23-30(3)5-2/h6-7,9,14,19,24,30-32,35-36H,4-5,8,10-13,15-18,20-23,25-29H2,1-3H3/b7-6+,14-9+,24-19+/t30?,31?,32-/m0/s1. The SMILES string of the molecule is CC/C=C/C/C=C/C=C/C(O)CCCCCCCC(=O)O[C@@H](CO)COC(=O)CCCCCCCCC(C)CC. The third-order valence-electron chi connectivity index (χ3n) is 7.09. The number of ether oxygens (including phenoxy) is 2. The van der Waals surface area contributed by atoms with Crippen LogP contribution in [-0.2, 0) is 19.1 Å². The summed E-state index contributed by atoms with van der Waals surface area (Å²) in [5.74, 6) is 0.142. The second-order valence-corrected chi connectivity index (χ2v) is 11.0. The van der Waals surface area contributed by atoms with Crippen molar-refractivity contribution in [3.8, 4) is 0 Å². The molecule has 0 aromatic carbocycles. The molecular formula is C34H60O6. The summed E-state index contributed by atoms with van der Waals surface area (Å²) in [6, 6.07) is 0. The maximum atomic E-state index is 12.1. The monoisotopic (exact) mass is 564 g/mol. The van der Waals surface area contributed by atoms with Crippen LogP contribution in [0.2, 0.25) is 0 Å². The predicted molar refractivity (Wildman–Crippen MR) is 165 cm³/mol. The Morgan fingerprint density at radius 2 is 1.35 bits per heavy atom. The topological polar surface area (TPSA) is 93.1 Å². The number of rotatable bonds is 27. The van der Waals surface area contributed by atoms with Crippen molar-refractivity contribution in [2.24, 2.45) is 5.92 Å². The molecule has 6 heteroatoms. The van der Waals surface area contributed by atoms with Crippen LogP contribution in [0.5, 0.6) is 0 Å². The molecule has 0 aliphatic rings. The lowest BCUT2D eigenvalue weighted by molar-refractivity contribution is -0.161. The summed E-state index contributed by atoms with van der Waals surface area (Å²) in [5.41, 5.74) is 0. The average Bonchev–Trinajstić information content (AvgIpc) is 2.95. The molecule has 0 saturated heterocycles. The number of aliphatic hydroxyl groups excluding tert-OH is 2. The fourth-order valence-corrected chi connectivity index (χ4v) is 4.24. The Hall–Kier alpha value is -1.92. The largest absolute Gasteiger partial charge is 0.462 e. The minimum Gasteiger partial charge on any atom is -0.462 e. The van der Waals surface area contributed by atoms with Crippen LogP contribution in [0.3, 0.4) is 0 Å². The first kappa shape index (κ1) is 38.1. The molecule has 232 valence electrons. The smallest absolute Gasteiger partial charge is 0.306 e. The van der Waals surface area contributed by atoms with Gasteiger partial charge in [-0.1, -0.05) is 128 Å². The highest BCUT2D eigenvalue weighted by Gasteiger charge is 2.16. The third kappa shape index (κ3) is 26.3. The maximum absolute atomic E-state index is 12.1. The van der Waals surface area contributed by atoms with E-state index >= 15 is 0 Å². The molecule has 0 radical (unpaired) electrons. The first-order chi connectivity index (χ1) is 19.4. The van der Waals surface area contributed by atoms with Crippen molar-refractivity contribution in [2.45, 2.75) is 149 Å². The van der Waals surface area contributed by atoms with Gasteiger partial charge in [0.15, 0.2) is 6.10 Å². The molecule has 0 amide bonds. The average molecular weight is 565 g/mol. The van der Waals surface area contributed by atoms with Gasteiger partial charge in [0.05, 0.1) is 12.7 Å². The van der Waals surface area contributed by atoms with Crippen molar-refractivity contribution in [1.29, 1.82) is 0 Å². The zero-order chi connectivity index (χ0) is 29.7. The first-order valence-electron chi connectivity index (χ1n) is 16.0. The summed E-state index contributed by atoms with van der Waals surface area (Å²) in [4.78, 5) is 24.1. The summed E-state index contributed by atoms with van der Waals surface area (Å²) in [6.45, 7) is 6.19. The van der Waals surface area contributed by atoms with E-state index < -0.39 is 12.2 Å². The van der Waals surface area contributed by atoms with E-state index in [9.17, 15) is 19.8 Å². The molecule has 3 atom stereocenters. The van der Waals surface area contributed by atoms with Crippen molar-refractivity contribution in [1.82, 2.24) is 0 Å². The number of aliphatic hydroxyl groups is 2. The number of unbranched alkanes of at least 4 members (excludes halogenated alkanes) is 9. The third-order valence-corrected chi connectivity index (χ3v) is 7.09. The number of hydrogen-bond donors (Lipinski definition) is 2. The van der Waals surface area contributed by atoms with Crippen LogP contribution < -0.4 is 0 Å². The molecule has 0 aromatic rings. The zero-order valence-electron chi connectivity index (χ0n) is 25.9. The van der Waals surface area contributed by atoms with E-state index in [1.165, 1.54) is 32.1 Å². The van der Waals surface area contributed by atoms with Gasteiger partial charge >= 0.3 is 11.9 Å². The predicted octanol–water partition coefficient (Wildman–Crippen LogP) is 8.16. The normalized spacial score (nSPS) is 14.2. The Morgan fingerprint density at radius 1 is 0.750 bits per heavy atom. The summed E-state index contributed by atoms with van der Waals surface area (Å²) >= 11 is 0. The number of carbonyl (C=O) groups excluding carboxylic acids is 2. The Kier molecular flexibility index (Phi) is 27.2. The lowest BCUT2D eigenvalue weighted by Gasteiger charge is -2.15. The molecular weight excluding hydrogens is 504 g/mol. The molecule has 0 rings (SSSR count). The van der Waals surface area contributed by atoms with Gasteiger partial charge < -0.3 is 19.7 Å². The highest BCUT2D eigenvalue weighted by molar-refractivity contribution is 5.70. The van der Waals surface area contributed by atoms with Crippen LogP contribution in [0.15, 0.2) is 36.5 Å². The van der Waals surface area contributed by atoms with Gasteiger partial charge in [0, 0.05) is 12.8 Å². The van der Waals surface area contributed by atoms with Crippen LogP contribution in [0.25, 0.3) is 0 Å². The van der Waals surface area contributed by atoms with Gasteiger partial charge in [0.2, 0.25) is 0 Å². The van der Waals surface area contributed by atoms with E-state index in [0.717, 1.165) is 70.1 Å². The summed E-state index contributed by atoms with van der Waals surface area (Å²) in [6.07, 6.45) is 28.0. The molecule has 2 N–H and O–H groups in total. The zero-order valence-corrected chi connectivity index (χ0v) is 25.9. The number of carbonyl (C=O) groups is 2. The highest BCUT2D eigenvalue weighted by atomic mass is 16.6. The summed E-state index contributed by atoms with van der Waals surface area (Å²) in [5, 5.41) is 19.5. The van der Waals surface area contributed by atoms with Crippen molar-refractivity contribution < 1.29 is 29.3 Å².